The number of hydrogen-bond acceptors (Lipinski definition) is 3. The molecule has 0 saturated heterocycles. The predicted octanol–water partition coefficient (Wildman–Crippen LogP) is 6.58. The molecule has 3 heteroatoms. The fraction of sp³-hybridized carbons (Fsp3) is 0.273. The molecular weight excluding hydrogens is 438 g/mol. The smallest absolute Gasteiger partial charge is 0.0234 e. The van der Waals surface area contributed by atoms with Crippen molar-refractivity contribution in [3.63, 3.8) is 0 Å². The van der Waals surface area contributed by atoms with Gasteiger partial charge in [0.05, 0.1) is 0 Å². The van der Waals surface area contributed by atoms with Crippen LogP contribution in [-0.2, 0) is 39.3 Å². The highest BCUT2D eigenvalue weighted by molar-refractivity contribution is 5.31. The lowest BCUT2D eigenvalue weighted by Gasteiger charge is -2.22. The molecule has 0 N–H and O–H groups in total. The van der Waals surface area contributed by atoms with E-state index >= 15 is 0 Å². The van der Waals surface area contributed by atoms with E-state index < -0.39 is 0 Å². The second kappa shape index (κ2) is 13.2. The van der Waals surface area contributed by atoms with Crippen molar-refractivity contribution in [3.05, 3.63) is 143 Å². The zero-order chi connectivity index (χ0) is 25.2. The van der Waals surface area contributed by atoms with Crippen molar-refractivity contribution in [2.24, 2.45) is 0 Å². The first-order chi connectivity index (χ1) is 17.5. The van der Waals surface area contributed by atoms with E-state index in [1.54, 1.807) is 0 Å². The van der Waals surface area contributed by atoms with Gasteiger partial charge in [-0.3, -0.25) is 14.7 Å². The molecule has 186 valence electrons. The molecule has 0 heterocycles. The van der Waals surface area contributed by atoms with Crippen LogP contribution in [0.3, 0.4) is 0 Å². The van der Waals surface area contributed by atoms with Crippen LogP contribution in [0.25, 0.3) is 0 Å². The number of benzene rings is 4. The van der Waals surface area contributed by atoms with Crippen LogP contribution in [0.5, 0.6) is 0 Å². The van der Waals surface area contributed by atoms with Crippen LogP contribution in [0.1, 0.15) is 33.4 Å². The summed E-state index contributed by atoms with van der Waals surface area (Å²) in [6.45, 7) is 5.63. The van der Waals surface area contributed by atoms with Crippen molar-refractivity contribution in [1.82, 2.24) is 14.7 Å². The monoisotopic (exact) mass is 477 g/mol. The van der Waals surface area contributed by atoms with Crippen molar-refractivity contribution < 1.29 is 0 Å². The van der Waals surface area contributed by atoms with Gasteiger partial charge in [-0.15, -0.1) is 0 Å². The predicted molar refractivity (Wildman–Crippen MR) is 151 cm³/mol. The normalized spacial score (nSPS) is 11.5. The van der Waals surface area contributed by atoms with E-state index in [0.29, 0.717) is 0 Å². The summed E-state index contributed by atoms with van der Waals surface area (Å²) >= 11 is 0. The molecule has 0 radical (unpaired) electrons. The van der Waals surface area contributed by atoms with Crippen LogP contribution in [0.4, 0.5) is 0 Å². The Bertz CT molecular complexity index is 1010. The highest BCUT2D eigenvalue weighted by atomic mass is 15.1. The molecule has 0 aliphatic heterocycles. The molecule has 4 aromatic rings. The third-order valence-electron chi connectivity index (χ3n) is 6.36. The average molecular weight is 478 g/mol. The highest BCUT2D eigenvalue weighted by Gasteiger charge is 2.10. The van der Waals surface area contributed by atoms with Gasteiger partial charge >= 0.3 is 0 Å². The zero-order valence-electron chi connectivity index (χ0n) is 22.0. The fourth-order valence-corrected chi connectivity index (χ4v) is 4.90. The van der Waals surface area contributed by atoms with Gasteiger partial charge in [0.15, 0.2) is 0 Å². The van der Waals surface area contributed by atoms with Gasteiger partial charge in [0, 0.05) is 39.3 Å². The summed E-state index contributed by atoms with van der Waals surface area (Å²) in [4.78, 5) is 7.21. The van der Waals surface area contributed by atoms with E-state index in [-0.39, 0.29) is 0 Å². The molecule has 4 aromatic carbocycles. The molecule has 4 rings (SSSR count). The van der Waals surface area contributed by atoms with Gasteiger partial charge in [-0.1, -0.05) is 109 Å². The molecule has 0 atom stereocenters. The van der Waals surface area contributed by atoms with E-state index in [0.717, 1.165) is 39.3 Å². The highest BCUT2D eigenvalue weighted by Crippen LogP contribution is 2.18. The van der Waals surface area contributed by atoms with Crippen LogP contribution in [-0.4, -0.2) is 35.8 Å². The van der Waals surface area contributed by atoms with Gasteiger partial charge in [0.25, 0.3) is 0 Å². The lowest BCUT2D eigenvalue weighted by atomic mass is 10.0. The lowest BCUT2D eigenvalue weighted by Crippen LogP contribution is -2.21. The van der Waals surface area contributed by atoms with Gasteiger partial charge in [-0.25, -0.2) is 0 Å². The van der Waals surface area contributed by atoms with E-state index in [9.17, 15) is 0 Å². The Morgan fingerprint density at radius 3 is 0.806 bits per heavy atom. The summed E-state index contributed by atoms with van der Waals surface area (Å²) in [5, 5.41) is 0. The van der Waals surface area contributed by atoms with Gasteiger partial charge in [0.1, 0.15) is 0 Å². The molecule has 0 aliphatic carbocycles. The Balaban J connectivity index is 1.48. The average Bonchev–Trinajstić information content (AvgIpc) is 2.85. The van der Waals surface area contributed by atoms with Crippen LogP contribution in [0, 0.1) is 0 Å². The van der Waals surface area contributed by atoms with Gasteiger partial charge in [0.2, 0.25) is 0 Å². The number of hydrogen-bond donors (Lipinski definition) is 0. The Kier molecular flexibility index (Phi) is 9.46. The van der Waals surface area contributed by atoms with Crippen LogP contribution >= 0.6 is 0 Å². The van der Waals surface area contributed by atoms with Gasteiger partial charge in [-0.2, -0.15) is 0 Å². The summed E-state index contributed by atoms with van der Waals surface area (Å²) < 4.78 is 0. The van der Waals surface area contributed by atoms with Crippen LogP contribution in [0.2, 0.25) is 0 Å². The standard InChI is InChI=1S/C33H39N3/c1-34(22-28-13-7-4-8-14-28)25-31-19-32(26-35(2)23-29-15-9-5-10-16-29)21-33(20-31)27-36(3)24-30-17-11-6-12-18-30/h4-21H,22-27H2,1-3H3. The third kappa shape index (κ3) is 8.46. The first-order valence-corrected chi connectivity index (χ1v) is 12.8. The molecule has 0 unspecified atom stereocenters. The molecule has 0 saturated carbocycles. The number of nitrogens with zero attached hydrogens (tertiary/aromatic N) is 3. The molecule has 0 aromatic heterocycles. The van der Waals surface area contributed by atoms with Crippen LogP contribution in [0.15, 0.2) is 109 Å². The first kappa shape index (κ1) is 25.8. The second-order valence-corrected chi connectivity index (χ2v) is 10.1. The summed E-state index contributed by atoms with van der Waals surface area (Å²) in [7, 11) is 6.63. The summed E-state index contributed by atoms with van der Waals surface area (Å²) in [6, 6.07) is 39.4. The minimum absolute atomic E-state index is 0.931. The number of rotatable bonds is 12. The minimum atomic E-state index is 0.931. The molecule has 0 fully saturated rings. The van der Waals surface area contributed by atoms with E-state index in [2.05, 4.69) is 145 Å². The summed E-state index contributed by atoms with van der Waals surface area (Å²) in [6.07, 6.45) is 0. The van der Waals surface area contributed by atoms with E-state index in [1.165, 1.54) is 33.4 Å². The Morgan fingerprint density at radius 1 is 0.333 bits per heavy atom. The quantitative estimate of drug-likeness (QED) is 0.228. The maximum Gasteiger partial charge on any atom is 0.0234 e. The maximum atomic E-state index is 2.40. The topological polar surface area (TPSA) is 9.72 Å². The van der Waals surface area contributed by atoms with Crippen molar-refractivity contribution >= 4 is 0 Å². The molecule has 0 spiro atoms. The minimum Gasteiger partial charge on any atom is -0.298 e. The molecule has 0 bridgehead atoms. The van der Waals surface area contributed by atoms with Crippen molar-refractivity contribution in [2.75, 3.05) is 21.1 Å². The van der Waals surface area contributed by atoms with Crippen molar-refractivity contribution in [2.45, 2.75) is 39.3 Å². The SMILES string of the molecule is CN(Cc1ccccc1)Cc1cc(CN(C)Cc2ccccc2)cc(CN(C)Cc2ccccc2)c1. The summed E-state index contributed by atoms with van der Waals surface area (Å²) in [5.74, 6) is 0. The second-order valence-electron chi connectivity index (χ2n) is 10.1. The molecule has 0 amide bonds. The third-order valence-corrected chi connectivity index (χ3v) is 6.36. The first-order valence-electron chi connectivity index (χ1n) is 12.8. The fourth-order valence-electron chi connectivity index (χ4n) is 4.90. The molecule has 3 nitrogen and oxygen atoms in total. The van der Waals surface area contributed by atoms with Crippen LogP contribution < -0.4 is 0 Å². The largest absolute Gasteiger partial charge is 0.298 e. The molecular formula is C33H39N3. The van der Waals surface area contributed by atoms with E-state index in [4.69, 9.17) is 0 Å². The van der Waals surface area contributed by atoms with E-state index in [1.807, 2.05) is 0 Å². The zero-order valence-corrected chi connectivity index (χ0v) is 22.0. The van der Waals surface area contributed by atoms with Gasteiger partial charge in [-0.05, 0) is 54.5 Å². The molecule has 0 aliphatic rings. The van der Waals surface area contributed by atoms with Crippen molar-refractivity contribution in [3.8, 4) is 0 Å². The molecule has 36 heavy (non-hydrogen) atoms. The van der Waals surface area contributed by atoms with Gasteiger partial charge < -0.3 is 0 Å². The Hall–Kier alpha value is -3.24. The lowest BCUT2D eigenvalue weighted by molar-refractivity contribution is 0.308. The Labute approximate surface area is 217 Å². The Morgan fingerprint density at radius 2 is 0.556 bits per heavy atom. The van der Waals surface area contributed by atoms with Crippen molar-refractivity contribution in [1.29, 1.82) is 0 Å². The maximum absolute atomic E-state index is 2.40. The summed E-state index contributed by atoms with van der Waals surface area (Å²) in [5.41, 5.74) is 8.18.